The number of nitrogens with zero attached hydrogens (tertiary/aromatic N) is 1. The largest absolute Gasteiger partial charge is 0.383 e. The Bertz CT molecular complexity index is 474. The Kier molecular flexibility index (Phi) is 7.46. The molecule has 5 heteroatoms. The summed E-state index contributed by atoms with van der Waals surface area (Å²) in [6.45, 7) is 4.93. The van der Waals surface area contributed by atoms with Gasteiger partial charge in [0.2, 0.25) is 11.8 Å². The van der Waals surface area contributed by atoms with Gasteiger partial charge in [-0.15, -0.1) is 0 Å². The van der Waals surface area contributed by atoms with E-state index in [1.165, 1.54) is 6.92 Å². The predicted molar refractivity (Wildman–Crippen MR) is 83.3 cm³/mol. The van der Waals surface area contributed by atoms with E-state index in [0.29, 0.717) is 19.7 Å². The molecule has 0 bridgehead atoms. The van der Waals surface area contributed by atoms with Gasteiger partial charge in [-0.25, -0.2) is 0 Å². The molecule has 0 spiro atoms. The van der Waals surface area contributed by atoms with Crippen molar-refractivity contribution < 1.29 is 14.3 Å². The van der Waals surface area contributed by atoms with Gasteiger partial charge in [0.1, 0.15) is 0 Å². The van der Waals surface area contributed by atoms with Gasteiger partial charge in [-0.1, -0.05) is 25.1 Å². The number of hydrogen-bond acceptors (Lipinski definition) is 3. The molecular formula is C16H24N2O3. The molecule has 1 rings (SSSR count). The van der Waals surface area contributed by atoms with Crippen molar-refractivity contribution in [3.8, 4) is 0 Å². The van der Waals surface area contributed by atoms with Gasteiger partial charge in [-0.3, -0.25) is 9.59 Å². The minimum atomic E-state index is -0.0766. The molecule has 0 aromatic heterocycles. The fourth-order valence-electron chi connectivity index (χ4n) is 2.11. The Balaban J connectivity index is 2.66. The molecular weight excluding hydrogens is 268 g/mol. The topological polar surface area (TPSA) is 58.6 Å². The number of methoxy groups -OCH3 is 1. The first kappa shape index (κ1) is 17.2. The lowest BCUT2D eigenvalue weighted by molar-refractivity contribution is -0.121. The van der Waals surface area contributed by atoms with E-state index < -0.39 is 0 Å². The van der Waals surface area contributed by atoms with Gasteiger partial charge in [0.15, 0.2) is 0 Å². The van der Waals surface area contributed by atoms with Crippen LogP contribution in [0.2, 0.25) is 0 Å². The van der Waals surface area contributed by atoms with Crippen LogP contribution in [0.1, 0.15) is 25.8 Å². The summed E-state index contributed by atoms with van der Waals surface area (Å²) in [6.07, 6.45) is 1.13. The van der Waals surface area contributed by atoms with E-state index in [4.69, 9.17) is 4.74 Å². The number of amides is 2. The molecule has 0 aliphatic heterocycles. The van der Waals surface area contributed by atoms with Crippen molar-refractivity contribution in [2.24, 2.45) is 0 Å². The van der Waals surface area contributed by atoms with Crippen molar-refractivity contribution in [1.82, 2.24) is 5.32 Å². The summed E-state index contributed by atoms with van der Waals surface area (Å²) in [5.41, 5.74) is 1.99. The quantitative estimate of drug-likeness (QED) is 0.743. The summed E-state index contributed by atoms with van der Waals surface area (Å²) in [4.78, 5) is 25.2. The Morgan fingerprint density at radius 1 is 1.29 bits per heavy atom. The first-order chi connectivity index (χ1) is 10.1. The molecule has 21 heavy (non-hydrogen) atoms. The number of carbonyl (C=O) groups excluding carboxylic acids is 2. The molecule has 5 nitrogen and oxygen atoms in total. The fraction of sp³-hybridized carbons (Fsp3) is 0.500. The maximum absolute atomic E-state index is 11.9. The number of hydrogen-bond donors (Lipinski definition) is 1. The van der Waals surface area contributed by atoms with Crippen molar-refractivity contribution in [2.75, 3.05) is 31.7 Å². The van der Waals surface area contributed by atoms with Crippen LogP contribution in [-0.4, -0.2) is 38.6 Å². The highest BCUT2D eigenvalue weighted by Gasteiger charge is 2.15. The molecule has 0 saturated carbocycles. The highest BCUT2D eigenvalue weighted by atomic mass is 16.5. The van der Waals surface area contributed by atoms with Crippen molar-refractivity contribution in [2.45, 2.75) is 26.7 Å². The number of aryl methyl sites for hydroxylation is 1. The molecule has 1 N–H and O–H groups in total. The second-order valence-electron chi connectivity index (χ2n) is 4.75. The van der Waals surface area contributed by atoms with Crippen molar-refractivity contribution in [3.05, 3.63) is 29.8 Å². The normalized spacial score (nSPS) is 10.2. The lowest BCUT2D eigenvalue weighted by Crippen LogP contribution is -2.35. The number of para-hydroxylation sites is 1. The van der Waals surface area contributed by atoms with Crippen LogP contribution < -0.4 is 10.2 Å². The summed E-state index contributed by atoms with van der Waals surface area (Å²) >= 11 is 0. The van der Waals surface area contributed by atoms with E-state index in [1.54, 1.807) is 12.0 Å². The molecule has 0 heterocycles. The van der Waals surface area contributed by atoms with Crippen LogP contribution in [0.3, 0.4) is 0 Å². The zero-order valence-corrected chi connectivity index (χ0v) is 13.0. The van der Waals surface area contributed by atoms with E-state index >= 15 is 0 Å². The molecule has 0 atom stereocenters. The second kappa shape index (κ2) is 9.13. The Hall–Kier alpha value is -1.88. The summed E-state index contributed by atoms with van der Waals surface area (Å²) in [5.74, 6) is -0.132. The van der Waals surface area contributed by atoms with Crippen LogP contribution in [0.25, 0.3) is 0 Å². The summed E-state index contributed by atoms with van der Waals surface area (Å²) in [5, 5.41) is 2.76. The average molecular weight is 292 g/mol. The highest BCUT2D eigenvalue weighted by molar-refractivity contribution is 5.93. The number of nitrogens with one attached hydrogen (secondary N) is 1. The SMILES string of the molecule is CCc1ccccc1N(CCC(=O)NCCOC)C(C)=O. The first-order valence-corrected chi connectivity index (χ1v) is 7.21. The standard InChI is InChI=1S/C16H24N2O3/c1-4-14-7-5-6-8-15(14)18(13(2)19)11-9-16(20)17-10-12-21-3/h5-8H,4,9-12H2,1-3H3,(H,17,20). The number of rotatable bonds is 8. The van der Waals surface area contributed by atoms with Gasteiger partial charge in [0.05, 0.1) is 6.61 Å². The van der Waals surface area contributed by atoms with Crippen molar-refractivity contribution >= 4 is 17.5 Å². The summed E-state index contributed by atoms with van der Waals surface area (Å²) in [6, 6.07) is 7.79. The molecule has 0 saturated heterocycles. The van der Waals surface area contributed by atoms with E-state index in [-0.39, 0.29) is 18.2 Å². The van der Waals surface area contributed by atoms with Gasteiger partial charge in [0.25, 0.3) is 0 Å². The van der Waals surface area contributed by atoms with Crippen LogP contribution in [0.4, 0.5) is 5.69 Å². The first-order valence-electron chi connectivity index (χ1n) is 7.21. The highest BCUT2D eigenvalue weighted by Crippen LogP contribution is 2.21. The zero-order valence-electron chi connectivity index (χ0n) is 13.0. The third kappa shape index (κ3) is 5.55. The fourth-order valence-corrected chi connectivity index (χ4v) is 2.11. The molecule has 0 fully saturated rings. The Morgan fingerprint density at radius 3 is 2.62 bits per heavy atom. The molecule has 0 aliphatic carbocycles. The summed E-state index contributed by atoms with van der Waals surface area (Å²) in [7, 11) is 1.59. The average Bonchev–Trinajstić information content (AvgIpc) is 2.48. The molecule has 116 valence electrons. The Labute approximate surface area is 126 Å². The molecule has 0 unspecified atom stereocenters. The van der Waals surface area contributed by atoms with Crippen LogP contribution in [-0.2, 0) is 20.7 Å². The third-order valence-corrected chi connectivity index (χ3v) is 3.23. The monoisotopic (exact) mass is 292 g/mol. The molecule has 0 radical (unpaired) electrons. The van der Waals surface area contributed by atoms with Crippen molar-refractivity contribution in [3.63, 3.8) is 0 Å². The molecule has 2 amide bonds. The second-order valence-corrected chi connectivity index (χ2v) is 4.75. The van der Waals surface area contributed by atoms with Crippen LogP contribution in [0.5, 0.6) is 0 Å². The van der Waals surface area contributed by atoms with E-state index in [1.807, 2.05) is 24.3 Å². The maximum atomic E-state index is 11.9. The zero-order chi connectivity index (χ0) is 15.7. The van der Waals surface area contributed by atoms with Crippen LogP contribution in [0.15, 0.2) is 24.3 Å². The molecule has 1 aromatic rings. The number of ether oxygens (including phenoxy) is 1. The van der Waals surface area contributed by atoms with Gasteiger partial charge < -0.3 is 15.0 Å². The number of carbonyl (C=O) groups is 2. The lowest BCUT2D eigenvalue weighted by atomic mass is 10.1. The van der Waals surface area contributed by atoms with E-state index in [2.05, 4.69) is 12.2 Å². The minimum Gasteiger partial charge on any atom is -0.383 e. The van der Waals surface area contributed by atoms with Crippen LogP contribution >= 0.6 is 0 Å². The molecule has 0 aliphatic rings. The van der Waals surface area contributed by atoms with Gasteiger partial charge in [0, 0.05) is 39.2 Å². The number of anilines is 1. The van der Waals surface area contributed by atoms with E-state index in [0.717, 1.165) is 17.7 Å². The minimum absolute atomic E-state index is 0.0550. The van der Waals surface area contributed by atoms with Gasteiger partial charge in [-0.05, 0) is 18.1 Å². The van der Waals surface area contributed by atoms with Gasteiger partial charge in [-0.2, -0.15) is 0 Å². The predicted octanol–water partition coefficient (Wildman–Crippen LogP) is 1.75. The smallest absolute Gasteiger partial charge is 0.223 e. The van der Waals surface area contributed by atoms with E-state index in [9.17, 15) is 9.59 Å². The van der Waals surface area contributed by atoms with Gasteiger partial charge >= 0.3 is 0 Å². The third-order valence-electron chi connectivity index (χ3n) is 3.23. The van der Waals surface area contributed by atoms with Crippen LogP contribution in [0, 0.1) is 0 Å². The lowest BCUT2D eigenvalue weighted by Gasteiger charge is -2.23. The number of benzene rings is 1. The van der Waals surface area contributed by atoms with Crippen molar-refractivity contribution in [1.29, 1.82) is 0 Å². The Morgan fingerprint density at radius 2 is 2.00 bits per heavy atom. The molecule has 1 aromatic carbocycles. The summed E-state index contributed by atoms with van der Waals surface area (Å²) < 4.78 is 4.88. The maximum Gasteiger partial charge on any atom is 0.223 e.